The van der Waals surface area contributed by atoms with Crippen molar-refractivity contribution in [2.45, 2.75) is 0 Å². The zero-order chi connectivity index (χ0) is 26.5. The van der Waals surface area contributed by atoms with E-state index >= 15 is 0 Å². The number of furan rings is 1. The van der Waals surface area contributed by atoms with Crippen LogP contribution in [0.25, 0.3) is 28.4 Å². The molecule has 1 heterocycles. The predicted molar refractivity (Wildman–Crippen MR) is 146 cm³/mol. The van der Waals surface area contributed by atoms with Crippen molar-refractivity contribution in [2.24, 2.45) is 0 Å². The summed E-state index contributed by atoms with van der Waals surface area (Å²) in [5.41, 5.74) is 2.98. The van der Waals surface area contributed by atoms with Crippen LogP contribution in [-0.2, 0) is 0 Å². The first kappa shape index (κ1) is 24.6. The Morgan fingerprint density at radius 1 is 0.737 bits per heavy atom. The molecule has 4 aromatic carbocycles. The summed E-state index contributed by atoms with van der Waals surface area (Å²) >= 11 is 0. The van der Waals surface area contributed by atoms with E-state index in [0.717, 1.165) is 11.1 Å². The van der Waals surface area contributed by atoms with Crippen LogP contribution in [-0.4, -0.2) is 26.0 Å². The van der Waals surface area contributed by atoms with Gasteiger partial charge in [0.2, 0.25) is 0 Å². The van der Waals surface area contributed by atoms with E-state index in [4.69, 9.17) is 18.6 Å². The number of ether oxygens (including phenoxy) is 3. The Morgan fingerprint density at radius 2 is 1.39 bits per heavy atom. The minimum Gasteiger partial charge on any atom is -0.497 e. The molecule has 0 N–H and O–H groups in total. The summed E-state index contributed by atoms with van der Waals surface area (Å²) in [6.45, 7) is 0. The highest BCUT2D eigenvalue weighted by molar-refractivity contribution is 6.10. The highest BCUT2D eigenvalue weighted by Gasteiger charge is 2.24. The summed E-state index contributed by atoms with van der Waals surface area (Å²) in [5.74, 6) is 1.41. The van der Waals surface area contributed by atoms with Gasteiger partial charge in [-0.3, -0.25) is 4.79 Å². The van der Waals surface area contributed by atoms with E-state index < -0.39 is 5.97 Å². The summed E-state index contributed by atoms with van der Waals surface area (Å²) in [6, 6.07) is 28.5. The van der Waals surface area contributed by atoms with Crippen LogP contribution < -0.4 is 14.2 Å². The Labute approximate surface area is 219 Å². The van der Waals surface area contributed by atoms with Crippen LogP contribution in [0.5, 0.6) is 17.2 Å². The maximum absolute atomic E-state index is 13.4. The van der Waals surface area contributed by atoms with Crippen LogP contribution in [0, 0.1) is 0 Å². The molecule has 6 heteroatoms. The second-order valence-electron chi connectivity index (χ2n) is 8.42. The second kappa shape index (κ2) is 10.9. The van der Waals surface area contributed by atoms with Crippen LogP contribution >= 0.6 is 0 Å². The molecule has 0 bridgehead atoms. The van der Waals surface area contributed by atoms with Crippen molar-refractivity contribution in [3.63, 3.8) is 0 Å². The SMILES string of the molecule is COc1ccc(C(=O)C=Cc2ccc(OC(=O)c3c(-c4ccccc4)oc4ccc(OC)cc34)cc2)cc1. The van der Waals surface area contributed by atoms with E-state index in [2.05, 4.69) is 0 Å². The van der Waals surface area contributed by atoms with Crippen molar-refractivity contribution in [2.75, 3.05) is 14.2 Å². The van der Waals surface area contributed by atoms with E-state index in [1.165, 1.54) is 6.08 Å². The Morgan fingerprint density at radius 3 is 2.08 bits per heavy atom. The Bertz CT molecular complexity index is 1610. The molecule has 0 aliphatic carbocycles. The van der Waals surface area contributed by atoms with Crippen molar-refractivity contribution in [1.82, 2.24) is 0 Å². The first-order valence-corrected chi connectivity index (χ1v) is 11.9. The Hall–Kier alpha value is -5.10. The van der Waals surface area contributed by atoms with Crippen molar-refractivity contribution < 1.29 is 28.2 Å². The van der Waals surface area contributed by atoms with Crippen molar-refractivity contribution in [3.05, 3.63) is 120 Å². The zero-order valence-electron chi connectivity index (χ0n) is 20.8. The fraction of sp³-hybridized carbons (Fsp3) is 0.0625. The van der Waals surface area contributed by atoms with Crippen molar-refractivity contribution in [1.29, 1.82) is 0 Å². The third kappa shape index (κ3) is 5.20. The van der Waals surface area contributed by atoms with Crippen molar-refractivity contribution in [3.8, 4) is 28.6 Å². The highest BCUT2D eigenvalue weighted by atomic mass is 16.5. The van der Waals surface area contributed by atoms with Gasteiger partial charge in [0.25, 0.3) is 0 Å². The van der Waals surface area contributed by atoms with Gasteiger partial charge < -0.3 is 18.6 Å². The van der Waals surface area contributed by atoms with E-state index in [0.29, 0.717) is 45.1 Å². The highest BCUT2D eigenvalue weighted by Crippen LogP contribution is 2.36. The molecule has 0 unspecified atom stereocenters. The summed E-state index contributed by atoms with van der Waals surface area (Å²) in [6.07, 6.45) is 3.21. The van der Waals surface area contributed by atoms with Gasteiger partial charge in [0, 0.05) is 16.5 Å². The monoisotopic (exact) mass is 504 g/mol. The molecule has 188 valence electrons. The van der Waals surface area contributed by atoms with Crippen molar-refractivity contribution >= 4 is 28.8 Å². The summed E-state index contributed by atoms with van der Waals surface area (Å²) in [4.78, 5) is 25.8. The van der Waals surface area contributed by atoms with Gasteiger partial charge in [-0.2, -0.15) is 0 Å². The number of benzene rings is 4. The number of methoxy groups -OCH3 is 2. The molecule has 0 atom stereocenters. The number of hydrogen-bond donors (Lipinski definition) is 0. The number of allylic oxidation sites excluding steroid dienone is 1. The smallest absolute Gasteiger partial charge is 0.348 e. The molecule has 0 fully saturated rings. The summed E-state index contributed by atoms with van der Waals surface area (Å²) in [7, 11) is 3.15. The fourth-order valence-electron chi connectivity index (χ4n) is 4.03. The van der Waals surface area contributed by atoms with E-state index in [9.17, 15) is 9.59 Å². The molecular weight excluding hydrogens is 480 g/mol. The molecule has 0 aliphatic rings. The summed E-state index contributed by atoms with van der Waals surface area (Å²) < 4.78 is 22.3. The van der Waals surface area contributed by atoms with Crippen LogP contribution in [0.2, 0.25) is 0 Å². The molecule has 5 rings (SSSR count). The largest absolute Gasteiger partial charge is 0.497 e. The topological polar surface area (TPSA) is 75.0 Å². The number of rotatable bonds is 8. The standard InChI is InChI=1S/C32H24O6/c1-35-24-15-11-22(12-16-24)28(33)18-10-21-8-13-25(14-9-21)37-32(34)30-27-20-26(36-2)17-19-29(27)38-31(30)23-6-4-3-5-7-23/h3-20H,1-2H3. The van der Waals surface area contributed by atoms with Gasteiger partial charge in [0.05, 0.1) is 14.2 Å². The molecule has 0 saturated carbocycles. The van der Waals surface area contributed by atoms with Crippen LogP contribution in [0.3, 0.4) is 0 Å². The number of esters is 1. The van der Waals surface area contributed by atoms with Gasteiger partial charge in [-0.15, -0.1) is 0 Å². The molecule has 0 radical (unpaired) electrons. The first-order chi connectivity index (χ1) is 18.6. The van der Waals surface area contributed by atoms with Gasteiger partial charge >= 0.3 is 5.97 Å². The van der Waals surface area contributed by atoms with Gasteiger partial charge in [-0.1, -0.05) is 48.5 Å². The maximum atomic E-state index is 13.4. The quantitative estimate of drug-likeness (QED) is 0.0960. The predicted octanol–water partition coefficient (Wildman–Crippen LogP) is 7.23. The third-order valence-corrected chi connectivity index (χ3v) is 6.03. The average Bonchev–Trinajstić information content (AvgIpc) is 3.36. The molecule has 1 aromatic heterocycles. The Kier molecular flexibility index (Phi) is 7.04. The minimum absolute atomic E-state index is 0.126. The molecule has 6 nitrogen and oxygen atoms in total. The second-order valence-corrected chi connectivity index (χ2v) is 8.42. The van der Waals surface area contributed by atoms with E-state index in [1.54, 1.807) is 87.0 Å². The number of hydrogen-bond acceptors (Lipinski definition) is 6. The normalized spacial score (nSPS) is 11.0. The van der Waals surface area contributed by atoms with Crippen LogP contribution in [0.1, 0.15) is 26.3 Å². The molecule has 0 saturated heterocycles. The number of fused-ring (bicyclic) bond motifs is 1. The molecule has 0 spiro atoms. The van der Waals surface area contributed by atoms with E-state index in [-0.39, 0.29) is 5.78 Å². The molecular formula is C32H24O6. The van der Waals surface area contributed by atoms with Gasteiger partial charge in [0.1, 0.15) is 34.2 Å². The van der Waals surface area contributed by atoms with Crippen LogP contribution in [0.4, 0.5) is 0 Å². The third-order valence-electron chi connectivity index (χ3n) is 6.03. The van der Waals surface area contributed by atoms with E-state index in [1.807, 2.05) is 30.3 Å². The summed E-state index contributed by atoms with van der Waals surface area (Å²) in [5, 5.41) is 0.602. The van der Waals surface area contributed by atoms with Gasteiger partial charge in [-0.25, -0.2) is 4.79 Å². The first-order valence-electron chi connectivity index (χ1n) is 11.9. The number of ketones is 1. The minimum atomic E-state index is -0.547. The lowest BCUT2D eigenvalue weighted by atomic mass is 10.1. The lowest BCUT2D eigenvalue weighted by molar-refractivity contribution is 0.0736. The molecule has 0 amide bonds. The van der Waals surface area contributed by atoms with Gasteiger partial charge in [-0.05, 0) is 66.2 Å². The van der Waals surface area contributed by atoms with Gasteiger partial charge in [0.15, 0.2) is 5.78 Å². The Balaban J connectivity index is 1.37. The van der Waals surface area contributed by atoms with Crippen LogP contribution in [0.15, 0.2) is 108 Å². The average molecular weight is 505 g/mol. The fourth-order valence-corrected chi connectivity index (χ4v) is 4.03. The lowest BCUT2D eigenvalue weighted by Gasteiger charge is -2.06. The zero-order valence-corrected chi connectivity index (χ0v) is 20.8. The molecule has 5 aromatic rings. The lowest BCUT2D eigenvalue weighted by Crippen LogP contribution is -2.09. The number of carbonyl (C=O) groups excluding carboxylic acids is 2. The molecule has 0 aliphatic heterocycles. The maximum Gasteiger partial charge on any atom is 0.348 e. The number of carbonyl (C=O) groups is 2. The molecule has 38 heavy (non-hydrogen) atoms.